The molecule has 0 saturated carbocycles. The van der Waals surface area contributed by atoms with E-state index in [1.165, 1.54) is 0 Å². The number of carboxylic acids is 1. The average molecular weight is 239 g/mol. The van der Waals surface area contributed by atoms with Gasteiger partial charge in [0.25, 0.3) is 5.91 Å². The summed E-state index contributed by atoms with van der Waals surface area (Å²) in [6, 6.07) is 0. The Kier molecular flexibility index (Phi) is 2.23. The minimum Gasteiger partial charge on any atom is -0.477 e. The lowest BCUT2D eigenvalue weighted by atomic mass is 9.91. The fraction of sp³-hybridized carbons (Fsp3) is 0.444. The Morgan fingerprint density at radius 1 is 1.41 bits per heavy atom. The maximum atomic E-state index is 11.7. The summed E-state index contributed by atoms with van der Waals surface area (Å²) in [4.78, 5) is 45.1. The molecule has 0 aromatic rings. The van der Waals surface area contributed by atoms with Gasteiger partial charge >= 0.3 is 5.97 Å². The number of hydrazone groups is 1. The van der Waals surface area contributed by atoms with Crippen LogP contribution in [0.1, 0.15) is 19.8 Å². The standard InChI is InChI=1S/C9H9N3O5/c1-4(13)12-9(2-5(11-12)7(15)16)3-6(14)10-8(9)17/h2-3H2,1H3,(H,15,16)(H,10,14,17). The second kappa shape index (κ2) is 3.37. The van der Waals surface area contributed by atoms with Crippen LogP contribution < -0.4 is 5.32 Å². The van der Waals surface area contributed by atoms with Crippen LogP contribution in [-0.4, -0.2) is 45.1 Å². The molecule has 90 valence electrons. The largest absolute Gasteiger partial charge is 0.477 e. The highest BCUT2D eigenvalue weighted by molar-refractivity contribution is 6.37. The molecule has 1 unspecified atom stereocenters. The molecule has 17 heavy (non-hydrogen) atoms. The summed E-state index contributed by atoms with van der Waals surface area (Å²) < 4.78 is 0. The number of amides is 3. The molecule has 3 amide bonds. The van der Waals surface area contributed by atoms with Gasteiger partial charge in [-0.05, 0) is 0 Å². The highest BCUT2D eigenvalue weighted by Crippen LogP contribution is 2.34. The summed E-state index contributed by atoms with van der Waals surface area (Å²) in [6.07, 6.45) is -0.509. The van der Waals surface area contributed by atoms with Crippen LogP contribution in [-0.2, 0) is 19.2 Å². The fourth-order valence-corrected chi connectivity index (χ4v) is 2.04. The van der Waals surface area contributed by atoms with Crippen molar-refractivity contribution in [1.29, 1.82) is 0 Å². The molecule has 2 N–H and O–H groups in total. The predicted octanol–water partition coefficient (Wildman–Crippen LogP) is -1.54. The number of hydrogen-bond donors (Lipinski definition) is 2. The lowest BCUT2D eigenvalue weighted by Gasteiger charge is -2.27. The van der Waals surface area contributed by atoms with Gasteiger partial charge in [-0.25, -0.2) is 9.80 Å². The van der Waals surface area contributed by atoms with Gasteiger partial charge in [0.2, 0.25) is 11.8 Å². The zero-order chi connectivity index (χ0) is 12.8. The lowest BCUT2D eigenvalue weighted by molar-refractivity contribution is -0.142. The third-order valence-corrected chi connectivity index (χ3v) is 2.76. The summed E-state index contributed by atoms with van der Waals surface area (Å²) in [5.74, 6) is -3.10. The van der Waals surface area contributed by atoms with Crippen molar-refractivity contribution in [2.75, 3.05) is 0 Å². The molecule has 0 radical (unpaired) electrons. The smallest absolute Gasteiger partial charge is 0.352 e. The van der Waals surface area contributed by atoms with Crippen LogP contribution in [0.2, 0.25) is 0 Å². The number of carbonyl (C=O) groups excluding carboxylic acids is 3. The van der Waals surface area contributed by atoms with Gasteiger partial charge in [-0.3, -0.25) is 19.7 Å². The van der Waals surface area contributed by atoms with E-state index in [1.54, 1.807) is 0 Å². The van der Waals surface area contributed by atoms with E-state index in [-0.39, 0.29) is 18.6 Å². The number of imide groups is 1. The molecular weight excluding hydrogens is 230 g/mol. The van der Waals surface area contributed by atoms with Gasteiger partial charge in [0.05, 0.1) is 6.42 Å². The first-order valence-corrected chi connectivity index (χ1v) is 4.83. The van der Waals surface area contributed by atoms with E-state index in [2.05, 4.69) is 10.4 Å². The van der Waals surface area contributed by atoms with Crippen LogP contribution >= 0.6 is 0 Å². The number of hydrogen-bond acceptors (Lipinski definition) is 5. The van der Waals surface area contributed by atoms with Crippen molar-refractivity contribution >= 4 is 29.4 Å². The monoisotopic (exact) mass is 239 g/mol. The van der Waals surface area contributed by atoms with Crippen LogP contribution in [0.4, 0.5) is 0 Å². The van der Waals surface area contributed by atoms with Gasteiger partial charge < -0.3 is 5.11 Å². The first kappa shape index (κ1) is 11.2. The van der Waals surface area contributed by atoms with Gasteiger partial charge in [-0.15, -0.1) is 0 Å². The first-order chi connectivity index (χ1) is 7.86. The zero-order valence-corrected chi connectivity index (χ0v) is 8.89. The number of nitrogens with zero attached hydrogens (tertiary/aromatic N) is 2. The van der Waals surface area contributed by atoms with Crippen molar-refractivity contribution in [1.82, 2.24) is 10.3 Å². The molecule has 1 spiro atoms. The molecule has 2 rings (SSSR count). The maximum absolute atomic E-state index is 11.7. The van der Waals surface area contributed by atoms with Crippen LogP contribution in [0.3, 0.4) is 0 Å². The van der Waals surface area contributed by atoms with Crippen molar-refractivity contribution in [2.24, 2.45) is 5.10 Å². The normalized spacial score (nSPS) is 27.4. The van der Waals surface area contributed by atoms with Gasteiger partial charge in [0.15, 0.2) is 5.54 Å². The predicted molar refractivity (Wildman–Crippen MR) is 52.7 cm³/mol. The van der Waals surface area contributed by atoms with Crippen LogP contribution in [0.25, 0.3) is 0 Å². The van der Waals surface area contributed by atoms with E-state index in [4.69, 9.17) is 5.11 Å². The summed E-state index contributed by atoms with van der Waals surface area (Å²) in [6.45, 7) is 1.16. The molecule has 0 bridgehead atoms. The Labute approximate surface area is 95.3 Å². The zero-order valence-electron chi connectivity index (χ0n) is 8.89. The molecular formula is C9H9N3O5. The minimum atomic E-state index is -1.49. The average Bonchev–Trinajstić information content (AvgIpc) is 2.70. The molecule has 1 fully saturated rings. The van der Waals surface area contributed by atoms with Gasteiger partial charge in [0.1, 0.15) is 5.71 Å². The number of rotatable bonds is 1. The third-order valence-electron chi connectivity index (χ3n) is 2.76. The van der Waals surface area contributed by atoms with Crippen LogP contribution in [0.5, 0.6) is 0 Å². The third kappa shape index (κ3) is 1.49. The van der Waals surface area contributed by atoms with E-state index in [0.717, 1.165) is 11.9 Å². The molecule has 1 atom stereocenters. The van der Waals surface area contributed by atoms with Crippen molar-refractivity contribution in [3.8, 4) is 0 Å². The Hall–Kier alpha value is -2.25. The minimum absolute atomic E-state index is 0.251. The van der Waals surface area contributed by atoms with Crippen LogP contribution in [0.15, 0.2) is 5.10 Å². The maximum Gasteiger partial charge on any atom is 0.352 e. The van der Waals surface area contributed by atoms with Crippen molar-refractivity contribution in [3.63, 3.8) is 0 Å². The molecule has 8 heteroatoms. The van der Waals surface area contributed by atoms with Crippen LogP contribution in [0, 0.1) is 0 Å². The second-order valence-electron chi connectivity index (χ2n) is 3.95. The van der Waals surface area contributed by atoms with E-state index in [1.807, 2.05) is 0 Å². The number of nitrogens with one attached hydrogen (secondary N) is 1. The molecule has 1 saturated heterocycles. The molecule has 0 aromatic heterocycles. The second-order valence-corrected chi connectivity index (χ2v) is 3.95. The Morgan fingerprint density at radius 2 is 2.06 bits per heavy atom. The summed E-state index contributed by atoms with van der Waals surface area (Å²) >= 11 is 0. The van der Waals surface area contributed by atoms with E-state index >= 15 is 0 Å². The molecule has 0 aliphatic carbocycles. The highest BCUT2D eigenvalue weighted by Gasteiger charge is 2.57. The first-order valence-electron chi connectivity index (χ1n) is 4.83. The van der Waals surface area contributed by atoms with E-state index < -0.39 is 29.2 Å². The summed E-state index contributed by atoms with van der Waals surface area (Å²) in [7, 11) is 0. The quantitative estimate of drug-likeness (QED) is 0.538. The summed E-state index contributed by atoms with van der Waals surface area (Å²) in [5, 5.41) is 15.3. The number of aliphatic carboxylic acids is 1. The lowest BCUT2D eigenvalue weighted by Crippen LogP contribution is -2.50. The summed E-state index contributed by atoms with van der Waals surface area (Å²) in [5.41, 5.74) is -1.79. The van der Waals surface area contributed by atoms with E-state index in [9.17, 15) is 19.2 Å². The molecule has 8 nitrogen and oxygen atoms in total. The van der Waals surface area contributed by atoms with Gasteiger partial charge in [0, 0.05) is 13.3 Å². The van der Waals surface area contributed by atoms with E-state index in [0.29, 0.717) is 0 Å². The highest BCUT2D eigenvalue weighted by atomic mass is 16.4. The Morgan fingerprint density at radius 3 is 2.47 bits per heavy atom. The number of carboxylic acid groups (broad SMARTS) is 1. The van der Waals surface area contributed by atoms with Gasteiger partial charge in [-0.2, -0.15) is 5.10 Å². The Balaban J connectivity index is 2.43. The van der Waals surface area contributed by atoms with Gasteiger partial charge in [-0.1, -0.05) is 0 Å². The topological polar surface area (TPSA) is 116 Å². The molecule has 2 heterocycles. The molecule has 0 aromatic carbocycles. The van der Waals surface area contributed by atoms with Crippen molar-refractivity contribution in [3.05, 3.63) is 0 Å². The molecule has 2 aliphatic rings. The SMILES string of the molecule is CC(=O)N1N=C(C(=O)O)CC12CC(=O)NC2=O. The van der Waals surface area contributed by atoms with Crippen molar-refractivity contribution in [2.45, 2.75) is 25.3 Å². The Bertz CT molecular complexity index is 483. The fourth-order valence-electron chi connectivity index (χ4n) is 2.04. The number of carbonyl (C=O) groups is 4. The van der Waals surface area contributed by atoms with Crippen molar-refractivity contribution < 1.29 is 24.3 Å². The molecule has 2 aliphatic heterocycles.